The van der Waals surface area contributed by atoms with Crippen LogP contribution in [-0.4, -0.2) is 32.4 Å². The van der Waals surface area contributed by atoms with Crippen molar-refractivity contribution >= 4 is 23.3 Å². The molecule has 1 heterocycles. The summed E-state index contributed by atoms with van der Waals surface area (Å²) in [6.07, 6.45) is 0. The number of thiocarbonyl (C=S) groups is 1. The molecule has 1 saturated heterocycles. The summed E-state index contributed by atoms with van der Waals surface area (Å²) in [5.41, 5.74) is 1.31. The van der Waals surface area contributed by atoms with Gasteiger partial charge in [0.2, 0.25) is 0 Å². The van der Waals surface area contributed by atoms with Crippen LogP contribution in [0.1, 0.15) is 11.6 Å². The van der Waals surface area contributed by atoms with Crippen LogP contribution in [0.2, 0.25) is 0 Å². The number of hydrogen-bond donors (Lipinski definition) is 2. The van der Waals surface area contributed by atoms with Crippen LogP contribution in [0.3, 0.4) is 0 Å². The SMILES string of the molecule is C=C1NC(=S)NC(c2ccc(OC)c(OC)c2)C1C(=O)OC. The van der Waals surface area contributed by atoms with Crippen molar-refractivity contribution in [3.63, 3.8) is 0 Å². The van der Waals surface area contributed by atoms with Gasteiger partial charge in [-0.2, -0.15) is 0 Å². The second-order valence-corrected chi connectivity index (χ2v) is 5.12. The van der Waals surface area contributed by atoms with Crippen molar-refractivity contribution in [3.05, 3.63) is 36.0 Å². The van der Waals surface area contributed by atoms with Gasteiger partial charge < -0.3 is 24.8 Å². The molecule has 22 heavy (non-hydrogen) atoms. The molecular formula is C15H18N2O4S. The van der Waals surface area contributed by atoms with Crippen LogP contribution in [0.4, 0.5) is 0 Å². The minimum atomic E-state index is -0.602. The van der Waals surface area contributed by atoms with Gasteiger partial charge in [-0.15, -0.1) is 0 Å². The van der Waals surface area contributed by atoms with Crippen LogP contribution in [-0.2, 0) is 9.53 Å². The fourth-order valence-corrected chi connectivity index (χ4v) is 2.67. The maximum atomic E-state index is 12.1. The van der Waals surface area contributed by atoms with Gasteiger partial charge in [-0.1, -0.05) is 12.6 Å². The molecule has 1 fully saturated rings. The fraction of sp³-hybridized carbons (Fsp3) is 0.333. The number of ether oxygens (including phenoxy) is 3. The Morgan fingerprint density at radius 3 is 2.50 bits per heavy atom. The predicted octanol–water partition coefficient (Wildman–Crippen LogP) is 1.53. The predicted molar refractivity (Wildman–Crippen MR) is 85.8 cm³/mol. The van der Waals surface area contributed by atoms with Crippen molar-refractivity contribution in [1.82, 2.24) is 10.6 Å². The van der Waals surface area contributed by atoms with Crippen molar-refractivity contribution in [1.29, 1.82) is 0 Å². The van der Waals surface area contributed by atoms with Crippen molar-refractivity contribution in [2.45, 2.75) is 6.04 Å². The Morgan fingerprint density at radius 1 is 1.23 bits per heavy atom. The van der Waals surface area contributed by atoms with E-state index in [-0.39, 0.29) is 0 Å². The number of benzene rings is 1. The molecule has 1 aromatic carbocycles. The third kappa shape index (κ3) is 2.99. The lowest BCUT2D eigenvalue weighted by Crippen LogP contribution is -2.50. The summed E-state index contributed by atoms with van der Waals surface area (Å²) in [6.45, 7) is 3.87. The first-order valence-corrected chi connectivity index (χ1v) is 6.98. The lowest BCUT2D eigenvalue weighted by molar-refractivity contribution is -0.145. The highest BCUT2D eigenvalue weighted by atomic mass is 32.1. The molecule has 0 aromatic heterocycles. The molecule has 0 spiro atoms. The molecule has 1 aliphatic heterocycles. The second kappa shape index (κ2) is 6.65. The number of hydrogen-bond acceptors (Lipinski definition) is 5. The molecule has 0 aliphatic carbocycles. The Hall–Kier alpha value is -2.28. The van der Waals surface area contributed by atoms with E-state index in [0.29, 0.717) is 22.3 Å². The minimum absolute atomic E-state index is 0.395. The fourth-order valence-electron chi connectivity index (χ4n) is 2.41. The monoisotopic (exact) mass is 322 g/mol. The van der Waals surface area contributed by atoms with Gasteiger partial charge in [0.15, 0.2) is 16.6 Å². The van der Waals surface area contributed by atoms with E-state index in [1.165, 1.54) is 7.11 Å². The average molecular weight is 322 g/mol. The smallest absolute Gasteiger partial charge is 0.317 e. The van der Waals surface area contributed by atoms with Crippen LogP contribution in [0, 0.1) is 5.92 Å². The summed E-state index contributed by atoms with van der Waals surface area (Å²) in [5.74, 6) is 0.179. The summed E-state index contributed by atoms with van der Waals surface area (Å²) >= 11 is 5.15. The molecule has 2 unspecified atom stereocenters. The Balaban J connectivity index is 2.44. The van der Waals surface area contributed by atoms with E-state index in [1.54, 1.807) is 26.4 Å². The van der Waals surface area contributed by atoms with Crippen LogP contribution in [0.15, 0.2) is 30.5 Å². The number of carbonyl (C=O) groups excluding carboxylic acids is 1. The third-order valence-electron chi connectivity index (χ3n) is 3.49. The van der Waals surface area contributed by atoms with E-state index < -0.39 is 17.9 Å². The van der Waals surface area contributed by atoms with Gasteiger partial charge in [0.1, 0.15) is 5.92 Å². The van der Waals surface area contributed by atoms with Crippen molar-refractivity contribution in [3.8, 4) is 11.5 Å². The topological polar surface area (TPSA) is 68.8 Å². The lowest BCUT2D eigenvalue weighted by Gasteiger charge is -2.34. The summed E-state index contributed by atoms with van der Waals surface area (Å²) in [5, 5.41) is 6.35. The summed E-state index contributed by atoms with van der Waals surface area (Å²) in [4.78, 5) is 12.1. The Bertz CT molecular complexity index is 618. The average Bonchev–Trinajstić information content (AvgIpc) is 2.52. The first-order chi connectivity index (χ1) is 10.5. The molecule has 1 aliphatic rings. The zero-order valence-corrected chi connectivity index (χ0v) is 13.5. The van der Waals surface area contributed by atoms with Gasteiger partial charge >= 0.3 is 5.97 Å². The molecule has 6 nitrogen and oxygen atoms in total. The first kappa shape index (κ1) is 16.1. The number of methoxy groups -OCH3 is 3. The van der Waals surface area contributed by atoms with Crippen LogP contribution in [0.25, 0.3) is 0 Å². The molecule has 2 N–H and O–H groups in total. The largest absolute Gasteiger partial charge is 0.493 e. The summed E-state index contributed by atoms with van der Waals surface area (Å²) in [7, 11) is 4.46. The van der Waals surface area contributed by atoms with Gasteiger partial charge in [0.25, 0.3) is 0 Å². The highest BCUT2D eigenvalue weighted by Gasteiger charge is 2.37. The van der Waals surface area contributed by atoms with Crippen LogP contribution < -0.4 is 20.1 Å². The molecule has 0 radical (unpaired) electrons. The lowest BCUT2D eigenvalue weighted by atomic mass is 9.89. The van der Waals surface area contributed by atoms with E-state index in [9.17, 15) is 4.79 Å². The van der Waals surface area contributed by atoms with Gasteiger partial charge in [0.05, 0.1) is 27.4 Å². The molecular weight excluding hydrogens is 304 g/mol. The number of nitrogens with one attached hydrogen (secondary N) is 2. The van der Waals surface area contributed by atoms with E-state index in [1.807, 2.05) is 6.07 Å². The molecule has 1 aromatic rings. The molecule has 2 atom stereocenters. The Morgan fingerprint density at radius 2 is 1.91 bits per heavy atom. The summed E-state index contributed by atoms with van der Waals surface area (Å²) < 4.78 is 15.4. The van der Waals surface area contributed by atoms with Crippen molar-refractivity contribution < 1.29 is 19.0 Å². The Labute approximate surface area is 134 Å². The molecule has 0 amide bonds. The molecule has 2 rings (SSSR count). The maximum absolute atomic E-state index is 12.1. The molecule has 0 bridgehead atoms. The highest BCUT2D eigenvalue weighted by molar-refractivity contribution is 7.80. The first-order valence-electron chi connectivity index (χ1n) is 6.57. The summed E-state index contributed by atoms with van der Waals surface area (Å²) in [6, 6.07) is 5.02. The van der Waals surface area contributed by atoms with Gasteiger partial charge in [0, 0.05) is 5.70 Å². The number of esters is 1. The number of carbonyl (C=O) groups is 1. The highest BCUT2D eigenvalue weighted by Crippen LogP contribution is 2.35. The quantitative estimate of drug-likeness (QED) is 0.643. The van der Waals surface area contributed by atoms with Gasteiger partial charge in [-0.25, -0.2) is 0 Å². The third-order valence-corrected chi connectivity index (χ3v) is 3.71. The van der Waals surface area contributed by atoms with E-state index in [4.69, 9.17) is 26.4 Å². The Kier molecular flexibility index (Phi) is 4.87. The standard InChI is InChI=1S/C15H18N2O4S/c1-8-12(14(18)21-4)13(17-15(22)16-8)9-5-6-10(19-2)11(7-9)20-3/h5-7,12-13H,1H2,2-4H3,(H2,16,17,22). The van der Waals surface area contributed by atoms with Crippen molar-refractivity contribution in [2.75, 3.05) is 21.3 Å². The normalized spacial score (nSPS) is 20.7. The van der Waals surface area contributed by atoms with Crippen molar-refractivity contribution in [2.24, 2.45) is 5.92 Å². The molecule has 7 heteroatoms. The second-order valence-electron chi connectivity index (χ2n) is 4.72. The maximum Gasteiger partial charge on any atom is 0.317 e. The van der Waals surface area contributed by atoms with Gasteiger partial charge in [-0.05, 0) is 29.9 Å². The van der Waals surface area contributed by atoms with E-state index >= 15 is 0 Å². The zero-order valence-electron chi connectivity index (χ0n) is 12.6. The van der Waals surface area contributed by atoms with Crippen LogP contribution >= 0.6 is 12.2 Å². The van der Waals surface area contributed by atoms with E-state index in [0.717, 1.165) is 5.56 Å². The van der Waals surface area contributed by atoms with Gasteiger partial charge in [-0.3, -0.25) is 4.79 Å². The van der Waals surface area contributed by atoms with E-state index in [2.05, 4.69) is 17.2 Å². The minimum Gasteiger partial charge on any atom is -0.493 e. The molecule has 118 valence electrons. The molecule has 0 saturated carbocycles. The van der Waals surface area contributed by atoms with Crippen LogP contribution in [0.5, 0.6) is 11.5 Å². The number of rotatable bonds is 4. The zero-order chi connectivity index (χ0) is 16.3.